The van der Waals surface area contributed by atoms with E-state index in [4.69, 9.17) is 10.8 Å². The zero-order valence-corrected chi connectivity index (χ0v) is 10.5. The summed E-state index contributed by atoms with van der Waals surface area (Å²) in [4.78, 5) is 24.1. The minimum absolute atomic E-state index is 0.164. The third kappa shape index (κ3) is 2.26. The van der Waals surface area contributed by atoms with E-state index in [-0.39, 0.29) is 19.0 Å². The van der Waals surface area contributed by atoms with Crippen molar-refractivity contribution >= 4 is 33.5 Å². The number of amides is 1. The molecule has 1 aromatic rings. The van der Waals surface area contributed by atoms with E-state index in [9.17, 15) is 9.59 Å². The van der Waals surface area contributed by atoms with Crippen LogP contribution in [-0.2, 0) is 4.79 Å². The Morgan fingerprint density at radius 1 is 1.41 bits per heavy atom. The number of carboxylic acid groups (broad SMARTS) is 1. The molecule has 1 aliphatic rings. The Balaban J connectivity index is 2.06. The number of halogens is 1. The highest BCUT2D eigenvalue weighted by Crippen LogP contribution is 2.24. The molecule has 0 saturated carbocycles. The van der Waals surface area contributed by atoms with Gasteiger partial charge in [-0.15, -0.1) is 0 Å². The number of carbonyl (C=O) groups is 2. The molecule has 0 radical (unpaired) electrons. The van der Waals surface area contributed by atoms with Crippen molar-refractivity contribution in [2.24, 2.45) is 5.92 Å². The maximum absolute atomic E-state index is 11.9. The molecule has 0 aromatic heterocycles. The van der Waals surface area contributed by atoms with Gasteiger partial charge in [-0.2, -0.15) is 0 Å². The number of benzene rings is 1. The first-order chi connectivity index (χ1) is 7.99. The second-order valence-electron chi connectivity index (χ2n) is 3.98. The molecule has 1 amide bonds. The summed E-state index contributed by atoms with van der Waals surface area (Å²) in [7, 11) is 0. The van der Waals surface area contributed by atoms with E-state index < -0.39 is 11.9 Å². The van der Waals surface area contributed by atoms with Crippen molar-refractivity contribution in [3.05, 3.63) is 28.2 Å². The standard InChI is InChI=1S/C11H11BrN2O3/c12-8-3-6(1-2-9(8)13)10(15)14-4-7(5-14)11(16)17/h1-3,7H,4-5,13H2,(H,16,17). The Kier molecular flexibility index (Phi) is 3.06. The van der Waals surface area contributed by atoms with Crippen molar-refractivity contribution in [1.29, 1.82) is 0 Å². The molecule has 6 heteroatoms. The number of carboxylic acids is 1. The van der Waals surface area contributed by atoms with Gasteiger partial charge in [0, 0.05) is 28.8 Å². The lowest BCUT2D eigenvalue weighted by atomic mass is 9.99. The molecule has 0 spiro atoms. The zero-order chi connectivity index (χ0) is 12.6. The molecule has 17 heavy (non-hydrogen) atoms. The lowest BCUT2D eigenvalue weighted by molar-refractivity contribution is -0.146. The highest BCUT2D eigenvalue weighted by molar-refractivity contribution is 9.10. The molecule has 1 aliphatic heterocycles. The molecule has 5 nitrogen and oxygen atoms in total. The molecule has 0 bridgehead atoms. The van der Waals surface area contributed by atoms with Crippen LogP contribution in [0.4, 0.5) is 5.69 Å². The molecule has 0 aliphatic carbocycles. The SMILES string of the molecule is Nc1ccc(C(=O)N2CC(C(=O)O)C2)cc1Br. The highest BCUT2D eigenvalue weighted by atomic mass is 79.9. The molecule has 1 fully saturated rings. The number of aliphatic carboxylic acids is 1. The van der Waals surface area contributed by atoms with Gasteiger partial charge in [0.25, 0.3) is 5.91 Å². The fourth-order valence-corrected chi connectivity index (χ4v) is 2.02. The largest absolute Gasteiger partial charge is 0.481 e. The minimum atomic E-state index is -0.854. The third-order valence-corrected chi connectivity index (χ3v) is 3.45. The van der Waals surface area contributed by atoms with Crippen LogP contribution in [-0.4, -0.2) is 35.0 Å². The number of nitrogens with two attached hydrogens (primary N) is 1. The first-order valence-electron chi connectivity index (χ1n) is 5.06. The van der Waals surface area contributed by atoms with E-state index in [1.807, 2.05) is 0 Å². The third-order valence-electron chi connectivity index (χ3n) is 2.77. The number of hydrogen-bond acceptors (Lipinski definition) is 3. The number of carbonyl (C=O) groups excluding carboxylic acids is 1. The summed E-state index contributed by atoms with van der Waals surface area (Å²) < 4.78 is 0.665. The van der Waals surface area contributed by atoms with Crippen LogP contribution >= 0.6 is 15.9 Å². The summed E-state index contributed by atoms with van der Waals surface area (Å²) in [6.45, 7) is 0.548. The van der Waals surface area contributed by atoms with Gasteiger partial charge in [0.1, 0.15) is 0 Å². The van der Waals surface area contributed by atoms with Crippen LogP contribution in [0.3, 0.4) is 0 Å². The van der Waals surface area contributed by atoms with Crippen molar-refractivity contribution in [3.8, 4) is 0 Å². The zero-order valence-electron chi connectivity index (χ0n) is 8.89. The predicted octanol–water partition coefficient (Wildman–Crippen LogP) is 1.19. The van der Waals surface area contributed by atoms with Crippen molar-refractivity contribution in [3.63, 3.8) is 0 Å². The topological polar surface area (TPSA) is 83.6 Å². The molecule has 1 saturated heterocycles. The first-order valence-corrected chi connectivity index (χ1v) is 5.85. The lowest BCUT2D eigenvalue weighted by Gasteiger charge is -2.36. The summed E-state index contributed by atoms with van der Waals surface area (Å²) in [6, 6.07) is 4.92. The molecule has 0 unspecified atom stereocenters. The minimum Gasteiger partial charge on any atom is -0.481 e. The average molecular weight is 299 g/mol. The second kappa shape index (κ2) is 4.37. The molecule has 90 valence electrons. The van der Waals surface area contributed by atoms with E-state index in [2.05, 4.69) is 15.9 Å². The summed E-state index contributed by atoms with van der Waals surface area (Å²) in [5.74, 6) is -1.45. The molecule has 2 rings (SSSR count). The Bertz CT molecular complexity index is 484. The number of nitrogens with zero attached hydrogens (tertiary/aromatic N) is 1. The van der Waals surface area contributed by atoms with E-state index >= 15 is 0 Å². The predicted molar refractivity (Wildman–Crippen MR) is 65.6 cm³/mol. The second-order valence-corrected chi connectivity index (χ2v) is 4.84. The summed E-state index contributed by atoms with van der Waals surface area (Å²) >= 11 is 3.25. The maximum Gasteiger partial charge on any atom is 0.310 e. The van der Waals surface area contributed by atoms with Crippen molar-refractivity contribution in [1.82, 2.24) is 4.90 Å². The maximum atomic E-state index is 11.9. The quantitative estimate of drug-likeness (QED) is 0.803. The number of anilines is 1. The van der Waals surface area contributed by atoms with Gasteiger partial charge in [-0.3, -0.25) is 9.59 Å². The molecule has 3 N–H and O–H groups in total. The number of rotatable bonds is 2. The Morgan fingerprint density at radius 2 is 2.06 bits per heavy atom. The van der Waals surface area contributed by atoms with Gasteiger partial charge >= 0.3 is 5.97 Å². The van der Waals surface area contributed by atoms with Crippen LogP contribution in [0, 0.1) is 5.92 Å². The summed E-state index contributed by atoms with van der Waals surface area (Å²) in [6.07, 6.45) is 0. The first kappa shape index (κ1) is 11.9. The van der Waals surface area contributed by atoms with Crippen LogP contribution < -0.4 is 5.73 Å². The van der Waals surface area contributed by atoms with Gasteiger partial charge in [-0.1, -0.05) is 0 Å². The summed E-state index contributed by atoms with van der Waals surface area (Å²) in [5.41, 5.74) is 6.70. The fraction of sp³-hybridized carbons (Fsp3) is 0.273. The van der Waals surface area contributed by atoms with Gasteiger partial charge < -0.3 is 15.7 Å². The van der Waals surface area contributed by atoms with E-state index in [0.29, 0.717) is 15.7 Å². The van der Waals surface area contributed by atoms with E-state index in [0.717, 1.165) is 0 Å². The van der Waals surface area contributed by atoms with Gasteiger partial charge in [-0.25, -0.2) is 0 Å². The fourth-order valence-electron chi connectivity index (χ4n) is 1.64. The summed E-state index contributed by atoms with van der Waals surface area (Å²) in [5, 5.41) is 8.72. The van der Waals surface area contributed by atoms with Crippen molar-refractivity contribution in [2.75, 3.05) is 18.8 Å². The molecule has 0 atom stereocenters. The van der Waals surface area contributed by atoms with Crippen LogP contribution in [0.2, 0.25) is 0 Å². The number of likely N-dealkylation sites (tertiary alicyclic amines) is 1. The van der Waals surface area contributed by atoms with E-state index in [1.54, 1.807) is 18.2 Å². The Hall–Kier alpha value is -1.56. The smallest absolute Gasteiger partial charge is 0.310 e. The molecular weight excluding hydrogens is 288 g/mol. The normalized spacial score (nSPS) is 15.5. The van der Waals surface area contributed by atoms with Gasteiger partial charge in [-0.05, 0) is 34.1 Å². The number of hydrogen-bond donors (Lipinski definition) is 2. The van der Waals surface area contributed by atoms with Crippen molar-refractivity contribution in [2.45, 2.75) is 0 Å². The molecular formula is C11H11BrN2O3. The van der Waals surface area contributed by atoms with Crippen LogP contribution in [0.15, 0.2) is 22.7 Å². The van der Waals surface area contributed by atoms with Crippen LogP contribution in [0.1, 0.15) is 10.4 Å². The molecule has 1 aromatic carbocycles. The Morgan fingerprint density at radius 3 is 2.59 bits per heavy atom. The van der Waals surface area contributed by atoms with Gasteiger partial charge in [0.05, 0.1) is 5.92 Å². The van der Waals surface area contributed by atoms with Gasteiger partial charge in [0.15, 0.2) is 0 Å². The highest BCUT2D eigenvalue weighted by Gasteiger charge is 2.35. The van der Waals surface area contributed by atoms with Crippen molar-refractivity contribution < 1.29 is 14.7 Å². The van der Waals surface area contributed by atoms with Gasteiger partial charge in [0.2, 0.25) is 0 Å². The Labute approximate surface area is 106 Å². The monoisotopic (exact) mass is 298 g/mol. The number of nitrogen functional groups attached to an aromatic ring is 1. The average Bonchev–Trinajstić information content (AvgIpc) is 2.19. The van der Waals surface area contributed by atoms with E-state index in [1.165, 1.54) is 4.90 Å². The lowest BCUT2D eigenvalue weighted by Crippen LogP contribution is -2.53. The van der Waals surface area contributed by atoms with Crippen LogP contribution in [0.5, 0.6) is 0 Å². The molecule has 1 heterocycles. The van der Waals surface area contributed by atoms with Crippen LogP contribution in [0.25, 0.3) is 0 Å².